The average molecular weight is 331 g/mol. The number of rotatable bonds is 3. The number of carbonyl (C=O) groups is 2. The molecule has 0 bridgehead atoms. The second-order valence-corrected chi connectivity index (χ2v) is 6.44. The number of likely N-dealkylation sites (tertiary alicyclic amines) is 1. The zero-order valence-electron chi connectivity index (χ0n) is 12.7. The summed E-state index contributed by atoms with van der Waals surface area (Å²) in [5.74, 6) is -0.220. The molecule has 120 valence electrons. The first-order valence-electron chi connectivity index (χ1n) is 7.37. The fraction of sp³-hybridized carbons (Fsp3) is 0.333. The quantitative estimate of drug-likeness (QED) is 0.904. The number of hydrogen-bond acceptors (Lipinski definition) is 5. The van der Waals surface area contributed by atoms with E-state index in [1.54, 1.807) is 4.90 Å². The van der Waals surface area contributed by atoms with Gasteiger partial charge in [0.1, 0.15) is 11.0 Å². The first kappa shape index (κ1) is 15.4. The Kier molecular flexibility index (Phi) is 4.52. The summed E-state index contributed by atoms with van der Waals surface area (Å²) >= 11 is 1.31. The van der Waals surface area contributed by atoms with E-state index in [2.05, 4.69) is 20.8 Å². The molecule has 2 N–H and O–H groups in total. The number of amides is 3. The summed E-state index contributed by atoms with van der Waals surface area (Å²) in [7, 11) is 0. The maximum atomic E-state index is 12.4. The normalized spacial score (nSPS) is 17.1. The van der Waals surface area contributed by atoms with Crippen molar-refractivity contribution in [3.05, 3.63) is 35.3 Å². The number of nitrogens with zero attached hydrogens (tertiary/aromatic N) is 3. The Morgan fingerprint density at radius 1 is 1.22 bits per heavy atom. The molecule has 1 fully saturated rings. The topological polar surface area (TPSA) is 87.2 Å². The number of aryl methyl sites for hydroxylation is 1. The second kappa shape index (κ2) is 6.74. The maximum Gasteiger partial charge on any atom is 0.322 e. The summed E-state index contributed by atoms with van der Waals surface area (Å²) < 4.78 is 0. The van der Waals surface area contributed by atoms with Crippen LogP contribution < -0.4 is 10.6 Å². The lowest BCUT2D eigenvalue weighted by molar-refractivity contribution is -0.119. The van der Waals surface area contributed by atoms with E-state index in [0.29, 0.717) is 23.8 Å². The van der Waals surface area contributed by atoms with Gasteiger partial charge < -0.3 is 10.2 Å². The second-order valence-electron chi connectivity index (χ2n) is 5.26. The van der Waals surface area contributed by atoms with Crippen LogP contribution in [0.15, 0.2) is 30.3 Å². The molecule has 8 heteroatoms. The summed E-state index contributed by atoms with van der Waals surface area (Å²) in [4.78, 5) is 26.4. The Balaban J connectivity index is 1.64. The number of anilines is 2. The minimum absolute atomic E-state index is 0.220. The van der Waals surface area contributed by atoms with Gasteiger partial charge in [-0.25, -0.2) is 4.79 Å². The van der Waals surface area contributed by atoms with E-state index in [0.717, 1.165) is 11.4 Å². The van der Waals surface area contributed by atoms with E-state index in [9.17, 15) is 9.59 Å². The van der Waals surface area contributed by atoms with Crippen LogP contribution in [-0.4, -0.2) is 39.6 Å². The summed E-state index contributed by atoms with van der Waals surface area (Å²) in [6, 6.07) is 8.46. The molecule has 0 spiro atoms. The van der Waals surface area contributed by atoms with Crippen LogP contribution >= 0.6 is 11.3 Å². The van der Waals surface area contributed by atoms with Gasteiger partial charge in [0, 0.05) is 12.2 Å². The number of carbonyl (C=O) groups excluding carboxylic acids is 2. The monoisotopic (exact) mass is 331 g/mol. The number of aromatic nitrogens is 2. The zero-order chi connectivity index (χ0) is 16.2. The highest BCUT2D eigenvalue weighted by Gasteiger charge is 2.34. The molecule has 0 saturated carbocycles. The van der Waals surface area contributed by atoms with Crippen LogP contribution in [-0.2, 0) is 4.79 Å². The molecule has 1 atom stereocenters. The summed E-state index contributed by atoms with van der Waals surface area (Å²) in [6.07, 6.45) is 1.45. The van der Waals surface area contributed by atoms with Crippen molar-refractivity contribution < 1.29 is 9.59 Å². The Morgan fingerprint density at radius 3 is 2.70 bits per heavy atom. The van der Waals surface area contributed by atoms with E-state index in [1.165, 1.54) is 11.3 Å². The fourth-order valence-corrected chi connectivity index (χ4v) is 3.13. The molecule has 0 unspecified atom stereocenters. The van der Waals surface area contributed by atoms with E-state index < -0.39 is 6.04 Å². The molecule has 0 aliphatic carbocycles. The third-order valence-corrected chi connectivity index (χ3v) is 4.35. The minimum Gasteiger partial charge on any atom is -0.312 e. The minimum atomic E-state index is -0.483. The molecule has 2 aromatic rings. The molecule has 23 heavy (non-hydrogen) atoms. The number of nitrogens with one attached hydrogen (secondary N) is 2. The molecule has 7 nitrogen and oxygen atoms in total. The van der Waals surface area contributed by atoms with E-state index in [4.69, 9.17) is 0 Å². The summed E-state index contributed by atoms with van der Waals surface area (Å²) in [5.41, 5.74) is 0.711. The molecular weight excluding hydrogens is 314 g/mol. The van der Waals surface area contributed by atoms with Gasteiger partial charge in [-0.3, -0.25) is 10.1 Å². The van der Waals surface area contributed by atoms with E-state index in [1.807, 2.05) is 37.3 Å². The Bertz CT molecular complexity index is 703. The molecule has 1 aromatic carbocycles. The van der Waals surface area contributed by atoms with Crippen molar-refractivity contribution in [1.82, 2.24) is 15.1 Å². The van der Waals surface area contributed by atoms with Crippen LogP contribution in [0.4, 0.5) is 15.6 Å². The SMILES string of the molecule is Cc1nnc(NC(=O)[C@H]2CCCN2C(=O)Nc2ccccc2)s1. The van der Waals surface area contributed by atoms with Gasteiger partial charge in [0.15, 0.2) is 0 Å². The average Bonchev–Trinajstić information content (AvgIpc) is 3.17. The van der Waals surface area contributed by atoms with Crippen molar-refractivity contribution >= 4 is 34.1 Å². The van der Waals surface area contributed by atoms with Crippen LogP contribution in [0.25, 0.3) is 0 Å². The number of para-hydroxylation sites is 1. The number of urea groups is 1. The largest absolute Gasteiger partial charge is 0.322 e. The van der Waals surface area contributed by atoms with Crippen LogP contribution in [0.1, 0.15) is 17.8 Å². The van der Waals surface area contributed by atoms with Gasteiger partial charge in [-0.2, -0.15) is 0 Å². The highest BCUT2D eigenvalue weighted by Crippen LogP contribution is 2.21. The lowest BCUT2D eigenvalue weighted by atomic mass is 10.2. The summed E-state index contributed by atoms with van der Waals surface area (Å²) in [6.45, 7) is 2.38. The zero-order valence-corrected chi connectivity index (χ0v) is 13.5. The third kappa shape index (κ3) is 3.65. The predicted molar refractivity (Wildman–Crippen MR) is 88.5 cm³/mol. The molecule has 3 amide bonds. The molecule has 2 heterocycles. The molecule has 1 saturated heterocycles. The highest BCUT2D eigenvalue weighted by molar-refractivity contribution is 7.15. The van der Waals surface area contributed by atoms with Crippen molar-refractivity contribution in [2.75, 3.05) is 17.2 Å². The lowest BCUT2D eigenvalue weighted by Crippen LogP contribution is -2.45. The third-order valence-electron chi connectivity index (χ3n) is 3.60. The smallest absolute Gasteiger partial charge is 0.312 e. The first-order chi connectivity index (χ1) is 11.1. The lowest BCUT2D eigenvalue weighted by Gasteiger charge is -2.23. The first-order valence-corrected chi connectivity index (χ1v) is 8.19. The number of benzene rings is 1. The van der Waals surface area contributed by atoms with Gasteiger partial charge in [0.2, 0.25) is 11.0 Å². The molecule has 3 rings (SSSR count). The standard InChI is InChI=1S/C15H17N5O2S/c1-10-18-19-14(23-10)17-13(21)12-8-5-9-20(12)15(22)16-11-6-3-2-4-7-11/h2-4,6-7,12H,5,8-9H2,1H3,(H,16,22)(H,17,19,21)/t12-/m1/s1. The predicted octanol–water partition coefficient (Wildman–Crippen LogP) is 2.48. The van der Waals surface area contributed by atoms with Crippen LogP contribution in [0, 0.1) is 6.92 Å². The van der Waals surface area contributed by atoms with Crippen LogP contribution in [0.5, 0.6) is 0 Å². The Morgan fingerprint density at radius 2 is 2.00 bits per heavy atom. The van der Waals surface area contributed by atoms with Gasteiger partial charge >= 0.3 is 6.03 Å². The van der Waals surface area contributed by atoms with Crippen molar-refractivity contribution in [3.8, 4) is 0 Å². The number of hydrogen-bond donors (Lipinski definition) is 2. The molecule has 1 aromatic heterocycles. The van der Waals surface area contributed by atoms with Gasteiger partial charge in [-0.05, 0) is 31.9 Å². The maximum absolute atomic E-state index is 12.4. The molecule has 1 aliphatic rings. The molecular formula is C15H17N5O2S. The highest BCUT2D eigenvalue weighted by atomic mass is 32.1. The molecule has 1 aliphatic heterocycles. The van der Waals surface area contributed by atoms with Crippen molar-refractivity contribution in [2.24, 2.45) is 0 Å². The summed E-state index contributed by atoms with van der Waals surface area (Å²) in [5, 5.41) is 14.5. The van der Waals surface area contributed by atoms with Gasteiger partial charge in [0.05, 0.1) is 0 Å². The van der Waals surface area contributed by atoms with Gasteiger partial charge in [-0.1, -0.05) is 29.5 Å². The van der Waals surface area contributed by atoms with Gasteiger partial charge in [-0.15, -0.1) is 10.2 Å². The van der Waals surface area contributed by atoms with Crippen molar-refractivity contribution in [1.29, 1.82) is 0 Å². The van der Waals surface area contributed by atoms with Crippen LogP contribution in [0.3, 0.4) is 0 Å². The van der Waals surface area contributed by atoms with E-state index in [-0.39, 0.29) is 11.9 Å². The fourth-order valence-electron chi connectivity index (χ4n) is 2.53. The Labute approximate surface area is 137 Å². The molecule has 0 radical (unpaired) electrons. The van der Waals surface area contributed by atoms with Gasteiger partial charge in [0.25, 0.3) is 0 Å². The van der Waals surface area contributed by atoms with Crippen molar-refractivity contribution in [2.45, 2.75) is 25.8 Å². The van der Waals surface area contributed by atoms with Crippen LogP contribution in [0.2, 0.25) is 0 Å². The van der Waals surface area contributed by atoms with Crippen molar-refractivity contribution in [3.63, 3.8) is 0 Å². The Hall–Kier alpha value is -2.48. The van der Waals surface area contributed by atoms with E-state index >= 15 is 0 Å².